The van der Waals surface area contributed by atoms with E-state index in [1.165, 1.54) is 16.7 Å². The van der Waals surface area contributed by atoms with Crippen molar-refractivity contribution in [3.8, 4) is 6.07 Å². The molecule has 1 saturated heterocycles. The average molecular weight is 532 g/mol. The van der Waals surface area contributed by atoms with Gasteiger partial charge in [-0.2, -0.15) is 5.26 Å². The van der Waals surface area contributed by atoms with Gasteiger partial charge in [-0.3, -0.25) is 14.5 Å². The first-order chi connectivity index (χ1) is 16.5. The molecule has 1 heterocycles. The number of nitrogens with zero attached hydrogens (tertiary/aromatic N) is 2. The van der Waals surface area contributed by atoms with Crippen LogP contribution in [-0.2, 0) is 22.6 Å². The van der Waals surface area contributed by atoms with Crippen molar-refractivity contribution in [3.63, 3.8) is 0 Å². The predicted octanol–water partition coefficient (Wildman–Crippen LogP) is 5.50. The van der Waals surface area contributed by atoms with Gasteiger partial charge in [-0.25, -0.2) is 0 Å². The molecule has 4 rings (SSSR count). The van der Waals surface area contributed by atoms with E-state index in [1.807, 2.05) is 73.7 Å². The van der Waals surface area contributed by atoms with Crippen molar-refractivity contribution in [1.29, 1.82) is 5.26 Å². The molecular weight excluding hydrogens is 510 g/mol. The number of benzene rings is 3. The van der Waals surface area contributed by atoms with Crippen molar-refractivity contribution in [2.75, 3.05) is 4.90 Å². The number of amides is 2. The van der Waals surface area contributed by atoms with E-state index in [1.54, 1.807) is 12.1 Å². The highest BCUT2D eigenvalue weighted by atomic mass is 79.9. The highest BCUT2D eigenvalue weighted by Gasteiger charge is 2.40. The quantitative estimate of drug-likeness (QED) is 0.336. The molecule has 0 bridgehead atoms. The lowest BCUT2D eigenvalue weighted by Gasteiger charge is -2.19. The third kappa shape index (κ3) is 5.41. The van der Waals surface area contributed by atoms with Gasteiger partial charge < -0.3 is 5.32 Å². The highest BCUT2D eigenvalue weighted by Crippen LogP contribution is 2.42. The Labute approximate surface area is 211 Å². The minimum Gasteiger partial charge on any atom is -0.347 e. The van der Waals surface area contributed by atoms with Crippen LogP contribution < -0.4 is 10.2 Å². The summed E-state index contributed by atoms with van der Waals surface area (Å²) in [5.41, 5.74) is 3.63. The fraction of sp³-hybridized carbons (Fsp3) is 0.148. The van der Waals surface area contributed by atoms with Gasteiger partial charge in [-0.1, -0.05) is 87.9 Å². The first-order valence-electron chi connectivity index (χ1n) is 10.7. The van der Waals surface area contributed by atoms with Gasteiger partial charge >= 0.3 is 0 Å². The molecule has 0 spiro atoms. The molecule has 7 heteroatoms. The monoisotopic (exact) mass is 531 g/mol. The van der Waals surface area contributed by atoms with E-state index in [2.05, 4.69) is 27.3 Å². The molecule has 3 aromatic carbocycles. The second kappa shape index (κ2) is 10.7. The number of halogens is 1. The average Bonchev–Trinajstić information content (AvgIpc) is 3.15. The molecule has 0 unspecified atom stereocenters. The molecule has 3 aromatic rings. The summed E-state index contributed by atoms with van der Waals surface area (Å²) in [5, 5.41) is 12.7. The topological polar surface area (TPSA) is 73.2 Å². The number of hydrogen-bond donors (Lipinski definition) is 1. The zero-order valence-corrected chi connectivity index (χ0v) is 20.9. The Morgan fingerprint density at radius 3 is 2.44 bits per heavy atom. The number of nitrogens with one attached hydrogen (secondary N) is 1. The standard InChI is InChI=1S/C27H22BrN3O2S/c1-18-6-5-9-20(14-18)15-24-26(33)31(22-12-10-21(28)11-13-22)27(34-24)23(16-29)25(32)30-17-19-7-3-2-4-8-19/h2-14,24H,15,17H2,1H3,(H,30,32)/b27-23-/t24-/m0/s1. The molecule has 2 amide bonds. The lowest BCUT2D eigenvalue weighted by atomic mass is 10.1. The largest absolute Gasteiger partial charge is 0.347 e. The molecule has 0 saturated carbocycles. The summed E-state index contributed by atoms with van der Waals surface area (Å²) in [7, 11) is 0. The predicted molar refractivity (Wildman–Crippen MR) is 139 cm³/mol. The minimum absolute atomic E-state index is 0.0658. The second-order valence-corrected chi connectivity index (χ2v) is 10.0. The number of carbonyl (C=O) groups is 2. The van der Waals surface area contributed by atoms with Crippen LogP contribution in [0, 0.1) is 18.3 Å². The first-order valence-corrected chi connectivity index (χ1v) is 12.4. The number of carbonyl (C=O) groups excluding carboxylic acids is 2. The van der Waals surface area contributed by atoms with E-state index < -0.39 is 11.2 Å². The van der Waals surface area contributed by atoms with Gasteiger partial charge in [0.15, 0.2) is 0 Å². The van der Waals surface area contributed by atoms with E-state index in [9.17, 15) is 14.9 Å². The van der Waals surface area contributed by atoms with Crippen LogP contribution in [0.4, 0.5) is 5.69 Å². The summed E-state index contributed by atoms with van der Waals surface area (Å²) in [5.74, 6) is -0.646. The molecule has 1 atom stereocenters. The Bertz CT molecular complexity index is 1280. The molecular formula is C27H22BrN3O2S. The van der Waals surface area contributed by atoms with Crippen molar-refractivity contribution in [2.45, 2.75) is 25.1 Å². The molecule has 1 aliphatic rings. The Morgan fingerprint density at radius 2 is 1.76 bits per heavy atom. The lowest BCUT2D eigenvalue weighted by Crippen LogP contribution is -2.32. The number of anilines is 1. The second-order valence-electron chi connectivity index (χ2n) is 7.91. The van der Waals surface area contributed by atoms with Crippen LogP contribution in [0.2, 0.25) is 0 Å². The normalized spacial score (nSPS) is 16.8. The van der Waals surface area contributed by atoms with Crippen LogP contribution in [-0.4, -0.2) is 17.1 Å². The van der Waals surface area contributed by atoms with E-state index in [0.717, 1.165) is 21.2 Å². The maximum Gasteiger partial charge on any atom is 0.264 e. The third-order valence-electron chi connectivity index (χ3n) is 5.39. The summed E-state index contributed by atoms with van der Waals surface area (Å²) < 4.78 is 0.874. The van der Waals surface area contributed by atoms with E-state index in [4.69, 9.17) is 0 Å². The highest BCUT2D eigenvalue weighted by molar-refractivity contribution is 9.10. The SMILES string of the molecule is Cc1cccc(C[C@@H]2S/C(=C(/C#N)C(=O)NCc3ccccc3)N(c3ccc(Br)cc3)C2=O)c1. The van der Waals surface area contributed by atoms with Gasteiger partial charge in [0.2, 0.25) is 5.91 Å². The van der Waals surface area contributed by atoms with Crippen molar-refractivity contribution in [2.24, 2.45) is 0 Å². The van der Waals surface area contributed by atoms with E-state index >= 15 is 0 Å². The third-order valence-corrected chi connectivity index (χ3v) is 7.18. The number of nitriles is 1. The Balaban J connectivity index is 1.67. The summed E-state index contributed by atoms with van der Waals surface area (Å²) >= 11 is 4.69. The van der Waals surface area contributed by atoms with Crippen LogP contribution in [0.5, 0.6) is 0 Å². The molecule has 0 aromatic heterocycles. The smallest absolute Gasteiger partial charge is 0.264 e. The van der Waals surface area contributed by atoms with E-state index in [-0.39, 0.29) is 11.5 Å². The summed E-state index contributed by atoms with van der Waals surface area (Å²) in [6.07, 6.45) is 0.506. The van der Waals surface area contributed by atoms with Crippen molar-refractivity contribution >= 4 is 45.2 Å². The Morgan fingerprint density at radius 1 is 1.06 bits per heavy atom. The number of rotatable bonds is 6. The molecule has 1 fully saturated rings. The van der Waals surface area contributed by atoms with Crippen LogP contribution in [0.25, 0.3) is 0 Å². The molecule has 1 N–H and O–H groups in total. The molecule has 0 aliphatic carbocycles. The van der Waals surface area contributed by atoms with Gasteiger partial charge in [0.25, 0.3) is 5.91 Å². The van der Waals surface area contributed by atoms with Gasteiger partial charge in [-0.05, 0) is 48.7 Å². The molecule has 34 heavy (non-hydrogen) atoms. The lowest BCUT2D eigenvalue weighted by molar-refractivity contribution is -0.117. The Kier molecular flexibility index (Phi) is 7.51. The molecule has 0 radical (unpaired) electrons. The van der Waals surface area contributed by atoms with Crippen molar-refractivity contribution in [1.82, 2.24) is 5.32 Å². The molecule has 170 valence electrons. The zero-order chi connectivity index (χ0) is 24.1. The maximum absolute atomic E-state index is 13.5. The summed E-state index contributed by atoms with van der Waals surface area (Å²) in [6, 6.07) is 26.8. The number of thioether (sulfide) groups is 1. The summed E-state index contributed by atoms with van der Waals surface area (Å²) in [4.78, 5) is 28.1. The van der Waals surface area contributed by atoms with Gasteiger partial charge in [-0.15, -0.1) is 0 Å². The van der Waals surface area contributed by atoms with Crippen LogP contribution in [0.1, 0.15) is 16.7 Å². The summed E-state index contributed by atoms with van der Waals surface area (Å²) in [6.45, 7) is 2.30. The van der Waals surface area contributed by atoms with Gasteiger partial charge in [0.1, 0.15) is 16.7 Å². The maximum atomic E-state index is 13.5. The Hall–Kier alpha value is -3.34. The van der Waals surface area contributed by atoms with Crippen molar-refractivity contribution < 1.29 is 9.59 Å². The van der Waals surface area contributed by atoms with Crippen LogP contribution in [0.15, 0.2) is 93.9 Å². The number of hydrogen-bond acceptors (Lipinski definition) is 4. The fourth-order valence-electron chi connectivity index (χ4n) is 3.73. The van der Waals surface area contributed by atoms with Crippen LogP contribution in [0.3, 0.4) is 0 Å². The van der Waals surface area contributed by atoms with Gasteiger partial charge in [0.05, 0.1) is 5.25 Å². The number of aryl methyl sites for hydroxylation is 1. The van der Waals surface area contributed by atoms with Crippen LogP contribution >= 0.6 is 27.7 Å². The van der Waals surface area contributed by atoms with E-state index in [0.29, 0.717) is 23.7 Å². The van der Waals surface area contributed by atoms with Gasteiger partial charge in [0, 0.05) is 16.7 Å². The fourth-order valence-corrected chi connectivity index (χ4v) is 5.30. The molecule has 1 aliphatic heterocycles. The molecule has 5 nitrogen and oxygen atoms in total. The first kappa shape index (κ1) is 23.8. The zero-order valence-electron chi connectivity index (χ0n) is 18.5. The van der Waals surface area contributed by atoms with Crippen molar-refractivity contribution in [3.05, 3.63) is 111 Å². The minimum atomic E-state index is -0.500.